The van der Waals surface area contributed by atoms with E-state index in [-0.39, 0.29) is 12.1 Å². The SMILES string of the molecule is O=C(NC1CC2CCN1CC2)c1cnc2ccsc2c1. The van der Waals surface area contributed by atoms with Crippen LogP contribution in [0.3, 0.4) is 0 Å². The van der Waals surface area contributed by atoms with E-state index in [0.717, 1.165) is 35.6 Å². The zero-order valence-electron chi connectivity index (χ0n) is 11.2. The summed E-state index contributed by atoms with van der Waals surface area (Å²) in [5.41, 5.74) is 1.63. The van der Waals surface area contributed by atoms with Gasteiger partial charge < -0.3 is 5.32 Å². The first kappa shape index (κ1) is 12.3. The summed E-state index contributed by atoms with van der Waals surface area (Å²) in [5.74, 6) is 0.800. The van der Waals surface area contributed by atoms with Gasteiger partial charge in [0.15, 0.2) is 0 Å². The van der Waals surface area contributed by atoms with E-state index in [2.05, 4.69) is 15.2 Å². The monoisotopic (exact) mass is 287 g/mol. The van der Waals surface area contributed by atoms with Crippen molar-refractivity contribution in [2.24, 2.45) is 5.92 Å². The van der Waals surface area contributed by atoms with Crippen molar-refractivity contribution in [3.63, 3.8) is 0 Å². The highest BCUT2D eigenvalue weighted by Crippen LogP contribution is 2.30. The van der Waals surface area contributed by atoms with Crippen molar-refractivity contribution in [2.45, 2.75) is 25.4 Å². The predicted octanol–water partition coefficient (Wildman–Crippen LogP) is 2.47. The van der Waals surface area contributed by atoms with E-state index < -0.39 is 0 Å². The number of thiophene rings is 1. The molecule has 1 N–H and O–H groups in total. The van der Waals surface area contributed by atoms with Gasteiger partial charge in [-0.25, -0.2) is 0 Å². The number of rotatable bonds is 2. The van der Waals surface area contributed by atoms with Gasteiger partial charge in [0.2, 0.25) is 0 Å². The fourth-order valence-electron chi connectivity index (χ4n) is 3.32. The highest BCUT2D eigenvalue weighted by molar-refractivity contribution is 7.17. The number of pyridine rings is 1. The van der Waals surface area contributed by atoms with Gasteiger partial charge in [0.1, 0.15) is 0 Å². The fraction of sp³-hybridized carbons (Fsp3) is 0.467. The minimum atomic E-state index is 0.00495. The third kappa shape index (κ3) is 2.11. The summed E-state index contributed by atoms with van der Waals surface area (Å²) in [7, 11) is 0. The molecule has 1 unspecified atom stereocenters. The summed E-state index contributed by atoms with van der Waals surface area (Å²) in [5, 5.41) is 5.18. The first-order chi connectivity index (χ1) is 9.79. The van der Waals surface area contributed by atoms with E-state index in [4.69, 9.17) is 0 Å². The van der Waals surface area contributed by atoms with Crippen LogP contribution in [0.25, 0.3) is 10.2 Å². The molecule has 2 bridgehead atoms. The highest BCUT2D eigenvalue weighted by Gasteiger charge is 2.34. The number of piperidine rings is 3. The molecule has 3 fully saturated rings. The van der Waals surface area contributed by atoms with Crippen LogP contribution in [0.2, 0.25) is 0 Å². The molecule has 0 aliphatic carbocycles. The van der Waals surface area contributed by atoms with E-state index in [1.807, 2.05) is 17.5 Å². The molecule has 5 heteroatoms. The molecular formula is C15H17N3OS. The summed E-state index contributed by atoms with van der Waals surface area (Å²) in [6.45, 7) is 2.25. The Labute approximate surface area is 121 Å². The van der Waals surface area contributed by atoms with Gasteiger partial charge in [0, 0.05) is 19.3 Å². The van der Waals surface area contributed by atoms with Gasteiger partial charge in [-0.1, -0.05) is 0 Å². The maximum Gasteiger partial charge on any atom is 0.254 e. The number of hydrogen-bond acceptors (Lipinski definition) is 4. The molecular weight excluding hydrogens is 270 g/mol. The Balaban J connectivity index is 1.52. The second-order valence-electron chi connectivity index (χ2n) is 5.73. The first-order valence-corrected chi connectivity index (χ1v) is 8.06. The number of nitrogens with one attached hydrogen (secondary N) is 1. The zero-order valence-corrected chi connectivity index (χ0v) is 12.0. The number of aromatic nitrogens is 1. The second-order valence-corrected chi connectivity index (χ2v) is 6.68. The number of hydrogen-bond donors (Lipinski definition) is 1. The molecule has 0 saturated carbocycles. The third-order valence-electron chi connectivity index (χ3n) is 4.51. The van der Waals surface area contributed by atoms with Crippen molar-refractivity contribution >= 4 is 27.5 Å². The molecule has 2 aromatic heterocycles. The molecule has 3 aliphatic rings. The molecule has 3 saturated heterocycles. The molecule has 0 radical (unpaired) electrons. The topological polar surface area (TPSA) is 45.2 Å². The number of carbonyl (C=O) groups excluding carboxylic acids is 1. The molecule has 104 valence electrons. The summed E-state index contributed by atoms with van der Waals surface area (Å²) in [6.07, 6.45) is 5.57. The highest BCUT2D eigenvalue weighted by atomic mass is 32.1. The van der Waals surface area contributed by atoms with Crippen molar-refractivity contribution in [1.82, 2.24) is 15.2 Å². The number of fused-ring (bicyclic) bond motifs is 4. The van der Waals surface area contributed by atoms with Crippen LogP contribution in [0.15, 0.2) is 23.7 Å². The summed E-state index contributed by atoms with van der Waals surface area (Å²) in [4.78, 5) is 19.1. The van der Waals surface area contributed by atoms with Gasteiger partial charge in [-0.2, -0.15) is 0 Å². The van der Waals surface area contributed by atoms with Crippen LogP contribution in [0.5, 0.6) is 0 Å². The molecule has 0 aromatic carbocycles. The lowest BCUT2D eigenvalue weighted by Crippen LogP contribution is -2.56. The standard InChI is InChI=1S/C15H17N3OS/c19-15(11-8-13-12(16-9-11)3-6-20-13)17-14-7-10-1-4-18(14)5-2-10/h3,6,8-10,14H,1-2,4-5,7H2,(H,17,19). The number of amides is 1. The predicted molar refractivity (Wildman–Crippen MR) is 79.8 cm³/mol. The van der Waals surface area contributed by atoms with Crippen molar-refractivity contribution in [1.29, 1.82) is 0 Å². The van der Waals surface area contributed by atoms with Crippen LogP contribution in [0, 0.1) is 5.92 Å². The van der Waals surface area contributed by atoms with Crippen molar-refractivity contribution in [3.05, 3.63) is 29.3 Å². The smallest absolute Gasteiger partial charge is 0.254 e. The Morgan fingerprint density at radius 1 is 1.40 bits per heavy atom. The fourth-order valence-corrected chi connectivity index (χ4v) is 4.10. The van der Waals surface area contributed by atoms with Crippen LogP contribution in [-0.2, 0) is 0 Å². The maximum absolute atomic E-state index is 12.4. The largest absolute Gasteiger partial charge is 0.336 e. The molecule has 1 atom stereocenters. The maximum atomic E-state index is 12.4. The molecule has 4 nitrogen and oxygen atoms in total. The lowest BCUT2D eigenvalue weighted by atomic mass is 9.86. The number of nitrogens with zero attached hydrogens (tertiary/aromatic N) is 2. The van der Waals surface area contributed by atoms with Crippen LogP contribution in [0.4, 0.5) is 0 Å². The van der Waals surface area contributed by atoms with E-state index in [9.17, 15) is 4.79 Å². The Morgan fingerprint density at radius 2 is 2.25 bits per heavy atom. The molecule has 5 rings (SSSR count). The Morgan fingerprint density at radius 3 is 3.00 bits per heavy atom. The van der Waals surface area contributed by atoms with Crippen LogP contribution >= 0.6 is 11.3 Å². The summed E-state index contributed by atoms with van der Waals surface area (Å²) >= 11 is 1.62. The zero-order chi connectivity index (χ0) is 13.5. The molecule has 20 heavy (non-hydrogen) atoms. The lowest BCUT2D eigenvalue weighted by Gasteiger charge is -2.45. The van der Waals surface area contributed by atoms with Gasteiger partial charge >= 0.3 is 0 Å². The normalized spacial score (nSPS) is 28.7. The second kappa shape index (κ2) is 4.82. The lowest BCUT2D eigenvalue weighted by molar-refractivity contribution is 0.0295. The van der Waals surface area contributed by atoms with E-state index in [1.54, 1.807) is 17.5 Å². The Bertz CT molecular complexity index is 645. The van der Waals surface area contributed by atoms with E-state index >= 15 is 0 Å². The van der Waals surface area contributed by atoms with Gasteiger partial charge in [0.05, 0.1) is 21.9 Å². The molecule has 0 spiro atoms. The average Bonchev–Trinajstić information content (AvgIpc) is 2.96. The van der Waals surface area contributed by atoms with Crippen molar-refractivity contribution in [2.75, 3.05) is 13.1 Å². The average molecular weight is 287 g/mol. The summed E-state index contributed by atoms with van der Waals surface area (Å²) < 4.78 is 1.07. The Kier molecular flexibility index (Phi) is 2.97. The molecule has 5 heterocycles. The first-order valence-electron chi connectivity index (χ1n) is 7.18. The van der Waals surface area contributed by atoms with Crippen LogP contribution in [0.1, 0.15) is 29.6 Å². The quantitative estimate of drug-likeness (QED) is 0.923. The van der Waals surface area contributed by atoms with Crippen LogP contribution in [-0.4, -0.2) is 35.0 Å². The van der Waals surface area contributed by atoms with E-state index in [1.165, 1.54) is 12.8 Å². The van der Waals surface area contributed by atoms with E-state index in [0.29, 0.717) is 5.56 Å². The molecule has 3 aliphatic heterocycles. The molecule has 1 amide bonds. The minimum absolute atomic E-state index is 0.00495. The summed E-state index contributed by atoms with van der Waals surface area (Å²) in [6, 6.07) is 3.92. The third-order valence-corrected chi connectivity index (χ3v) is 5.36. The number of carbonyl (C=O) groups is 1. The van der Waals surface area contributed by atoms with Gasteiger partial charge in [0.25, 0.3) is 5.91 Å². The van der Waals surface area contributed by atoms with Crippen LogP contribution < -0.4 is 5.32 Å². The van der Waals surface area contributed by atoms with Gasteiger partial charge in [-0.05, 0) is 42.7 Å². The Hall–Kier alpha value is -1.46. The minimum Gasteiger partial charge on any atom is -0.336 e. The van der Waals surface area contributed by atoms with Gasteiger partial charge in [-0.15, -0.1) is 11.3 Å². The van der Waals surface area contributed by atoms with Gasteiger partial charge in [-0.3, -0.25) is 14.7 Å². The van der Waals surface area contributed by atoms with Crippen molar-refractivity contribution < 1.29 is 4.79 Å². The molecule has 2 aromatic rings. The van der Waals surface area contributed by atoms with Crippen molar-refractivity contribution in [3.8, 4) is 0 Å².